The van der Waals surface area contributed by atoms with Gasteiger partial charge < -0.3 is 9.16 Å². The van der Waals surface area contributed by atoms with Gasteiger partial charge in [0.15, 0.2) is 8.32 Å². The molecule has 0 fully saturated rings. The molecule has 106 valence electrons. The van der Waals surface area contributed by atoms with E-state index >= 15 is 0 Å². The van der Waals surface area contributed by atoms with Gasteiger partial charge in [0.2, 0.25) is 0 Å². The average molecular weight is 281 g/mol. The van der Waals surface area contributed by atoms with E-state index in [1.165, 1.54) is 7.11 Å². The second-order valence-corrected chi connectivity index (χ2v) is 10.9. The van der Waals surface area contributed by atoms with Crippen LogP contribution in [0.2, 0.25) is 18.1 Å². The number of pyridine rings is 1. The van der Waals surface area contributed by atoms with Gasteiger partial charge in [-0.2, -0.15) is 0 Å². The fourth-order valence-electron chi connectivity index (χ4n) is 1.25. The maximum atomic E-state index is 11.4. The molecule has 4 nitrogen and oxygen atoms in total. The monoisotopic (exact) mass is 281 g/mol. The standard InChI is InChI=1S/C14H23NO3Si/c1-14(2,3)19(5,6)18-10-11-8-7-9-12(15-11)13(16)17-4/h7-9H,10H2,1-6H3. The number of rotatable bonds is 4. The van der Waals surface area contributed by atoms with Crippen LogP contribution in [-0.2, 0) is 15.8 Å². The molecule has 0 saturated carbocycles. The molecule has 0 radical (unpaired) electrons. The second-order valence-electron chi connectivity index (χ2n) is 6.05. The van der Waals surface area contributed by atoms with E-state index in [0.29, 0.717) is 12.3 Å². The lowest BCUT2D eigenvalue weighted by Gasteiger charge is -2.36. The Hall–Kier alpha value is -1.20. The van der Waals surface area contributed by atoms with Gasteiger partial charge in [-0.1, -0.05) is 26.8 Å². The Morgan fingerprint density at radius 3 is 2.47 bits per heavy atom. The van der Waals surface area contributed by atoms with Gasteiger partial charge in [0, 0.05) is 0 Å². The Morgan fingerprint density at radius 1 is 1.32 bits per heavy atom. The Labute approximate surface area is 116 Å². The van der Waals surface area contributed by atoms with Crippen LogP contribution in [0.1, 0.15) is 37.0 Å². The highest BCUT2D eigenvalue weighted by atomic mass is 28.4. The summed E-state index contributed by atoms with van der Waals surface area (Å²) >= 11 is 0. The first kappa shape index (κ1) is 15.9. The summed E-state index contributed by atoms with van der Waals surface area (Å²) in [6.07, 6.45) is 0. The Balaban J connectivity index is 2.76. The first-order chi connectivity index (χ1) is 8.67. The summed E-state index contributed by atoms with van der Waals surface area (Å²) in [7, 11) is -0.447. The molecule has 1 heterocycles. The van der Waals surface area contributed by atoms with Crippen molar-refractivity contribution in [2.75, 3.05) is 7.11 Å². The molecule has 1 rings (SSSR count). The van der Waals surface area contributed by atoms with Crippen molar-refractivity contribution in [3.8, 4) is 0 Å². The van der Waals surface area contributed by atoms with Crippen LogP contribution in [0.15, 0.2) is 18.2 Å². The molecule has 0 saturated heterocycles. The summed E-state index contributed by atoms with van der Waals surface area (Å²) in [5.41, 5.74) is 1.08. The maximum Gasteiger partial charge on any atom is 0.356 e. The fourth-order valence-corrected chi connectivity index (χ4v) is 2.19. The molecule has 0 aliphatic carbocycles. The van der Waals surface area contributed by atoms with E-state index in [1.54, 1.807) is 12.1 Å². The average Bonchev–Trinajstić information content (AvgIpc) is 2.34. The fraction of sp³-hybridized carbons (Fsp3) is 0.571. The molecule has 0 unspecified atom stereocenters. The van der Waals surface area contributed by atoms with Gasteiger partial charge in [-0.25, -0.2) is 9.78 Å². The molecule has 5 heteroatoms. The van der Waals surface area contributed by atoms with Crippen LogP contribution in [0.3, 0.4) is 0 Å². The highest BCUT2D eigenvalue weighted by molar-refractivity contribution is 6.74. The second kappa shape index (κ2) is 5.84. The van der Waals surface area contributed by atoms with Crippen LogP contribution in [0.4, 0.5) is 0 Å². The molecule has 1 aromatic rings. The number of carbonyl (C=O) groups excluding carboxylic acids is 1. The first-order valence-corrected chi connectivity index (χ1v) is 9.26. The number of ether oxygens (including phenoxy) is 1. The normalized spacial score (nSPS) is 12.3. The van der Waals surface area contributed by atoms with E-state index in [4.69, 9.17) is 4.43 Å². The minimum Gasteiger partial charge on any atom is -0.464 e. The van der Waals surface area contributed by atoms with Crippen LogP contribution in [-0.4, -0.2) is 26.4 Å². The van der Waals surface area contributed by atoms with E-state index in [2.05, 4.69) is 43.6 Å². The van der Waals surface area contributed by atoms with Crippen molar-refractivity contribution in [1.29, 1.82) is 0 Å². The zero-order valence-electron chi connectivity index (χ0n) is 12.6. The summed E-state index contributed by atoms with van der Waals surface area (Å²) in [4.78, 5) is 15.7. The Kier molecular flexibility index (Phi) is 4.87. The van der Waals surface area contributed by atoms with Gasteiger partial charge in [-0.05, 0) is 30.3 Å². The third kappa shape index (κ3) is 4.14. The third-order valence-electron chi connectivity index (χ3n) is 3.59. The molecule has 0 spiro atoms. The molecule has 0 atom stereocenters. The summed E-state index contributed by atoms with van der Waals surface area (Å²) in [5.74, 6) is -0.422. The zero-order valence-corrected chi connectivity index (χ0v) is 13.6. The third-order valence-corrected chi connectivity index (χ3v) is 8.07. The van der Waals surface area contributed by atoms with Crippen molar-refractivity contribution in [2.24, 2.45) is 0 Å². The molecule has 0 aliphatic heterocycles. The van der Waals surface area contributed by atoms with Crippen LogP contribution >= 0.6 is 0 Å². The predicted molar refractivity (Wildman–Crippen MR) is 77.6 cm³/mol. The molecule has 0 amide bonds. The number of carbonyl (C=O) groups is 1. The number of methoxy groups -OCH3 is 1. The number of hydrogen-bond donors (Lipinski definition) is 0. The van der Waals surface area contributed by atoms with Crippen LogP contribution < -0.4 is 0 Å². The molecule has 0 bridgehead atoms. The van der Waals surface area contributed by atoms with Gasteiger partial charge >= 0.3 is 5.97 Å². The molecule has 19 heavy (non-hydrogen) atoms. The lowest BCUT2D eigenvalue weighted by atomic mass is 10.2. The summed E-state index contributed by atoms with van der Waals surface area (Å²) in [6.45, 7) is 11.4. The van der Waals surface area contributed by atoms with Gasteiger partial charge in [0.1, 0.15) is 5.69 Å². The smallest absolute Gasteiger partial charge is 0.356 e. The minimum atomic E-state index is -1.80. The first-order valence-electron chi connectivity index (χ1n) is 6.35. The van der Waals surface area contributed by atoms with E-state index in [-0.39, 0.29) is 5.04 Å². The molecule has 1 aromatic heterocycles. The van der Waals surface area contributed by atoms with E-state index in [1.807, 2.05) is 6.07 Å². The van der Waals surface area contributed by atoms with E-state index in [9.17, 15) is 4.79 Å². The SMILES string of the molecule is COC(=O)c1cccc(CO[Si](C)(C)C(C)(C)C)n1. The van der Waals surface area contributed by atoms with Crippen LogP contribution in [0, 0.1) is 0 Å². The molecular formula is C14H23NO3Si. The van der Waals surface area contributed by atoms with Crippen molar-refractivity contribution in [1.82, 2.24) is 4.98 Å². The van der Waals surface area contributed by atoms with Gasteiger partial charge in [-0.3, -0.25) is 0 Å². The highest BCUT2D eigenvalue weighted by Gasteiger charge is 2.37. The highest BCUT2D eigenvalue weighted by Crippen LogP contribution is 2.36. The minimum absolute atomic E-state index is 0.160. The zero-order chi connectivity index (χ0) is 14.7. The van der Waals surface area contributed by atoms with Crippen molar-refractivity contribution >= 4 is 14.3 Å². The van der Waals surface area contributed by atoms with Crippen molar-refractivity contribution in [3.63, 3.8) is 0 Å². The number of hydrogen-bond acceptors (Lipinski definition) is 4. The largest absolute Gasteiger partial charge is 0.464 e. The molecular weight excluding hydrogens is 258 g/mol. The lowest BCUT2D eigenvalue weighted by Crippen LogP contribution is -2.40. The van der Waals surface area contributed by atoms with Crippen molar-refractivity contribution in [2.45, 2.75) is 45.5 Å². The number of nitrogens with zero attached hydrogens (tertiary/aromatic N) is 1. The quantitative estimate of drug-likeness (QED) is 0.627. The topological polar surface area (TPSA) is 48.4 Å². The van der Waals surface area contributed by atoms with Gasteiger partial charge in [0.05, 0.1) is 19.4 Å². The lowest BCUT2D eigenvalue weighted by molar-refractivity contribution is 0.0593. The summed E-state index contributed by atoms with van der Waals surface area (Å²) in [5, 5.41) is 0.160. The number of esters is 1. The van der Waals surface area contributed by atoms with Crippen molar-refractivity contribution < 1.29 is 14.0 Å². The van der Waals surface area contributed by atoms with E-state index in [0.717, 1.165) is 5.69 Å². The van der Waals surface area contributed by atoms with Crippen molar-refractivity contribution in [3.05, 3.63) is 29.6 Å². The maximum absolute atomic E-state index is 11.4. The van der Waals surface area contributed by atoms with Gasteiger partial charge in [-0.15, -0.1) is 0 Å². The van der Waals surface area contributed by atoms with Crippen LogP contribution in [0.5, 0.6) is 0 Å². The summed E-state index contributed by atoms with van der Waals surface area (Å²) in [6, 6.07) is 5.30. The molecule has 0 aromatic carbocycles. The predicted octanol–water partition coefficient (Wildman–Crippen LogP) is 3.39. The molecule has 0 N–H and O–H groups in total. The summed E-state index contributed by atoms with van der Waals surface area (Å²) < 4.78 is 10.7. The Bertz CT molecular complexity index is 452. The number of aromatic nitrogens is 1. The van der Waals surface area contributed by atoms with Gasteiger partial charge in [0.25, 0.3) is 0 Å². The van der Waals surface area contributed by atoms with Crippen LogP contribution in [0.25, 0.3) is 0 Å². The molecule has 0 aliphatic rings. The Morgan fingerprint density at radius 2 is 1.95 bits per heavy atom. The van der Waals surface area contributed by atoms with E-state index < -0.39 is 14.3 Å².